The van der Waals surface area contributed by atoms with Gasteiger partial charge in [-0.25, -0.2) is 0 Å². The van der Waals surface area contributed by atoms with E-state index in [1.165, 1.54) is 5.56 Å². The Labute approximate surface area is 104 Å². The van der Waals surface area contributed by atoms with Gasteiger partial charge in [0.05, 0.1) is 6.61 Å². The smallest absolute Gasteiger partial charge is 0.0589 e. The molecule has 0 N–H and O–H groups in total. The zero-order valence-corrected chi connectivity index (χ0v) is 11.0. The molecule has 0 spiro atoms. The van der Waals surface area contributed by atoms with E-state index in [0.717, 1.165) is 25.4 Å². The monoisotopic (exact) mass is 239 g/mol. The Bertz CT molecular complexity index is 279. The quantitative estimate of drug-likeness (QED) is 0.733. The number of hydrogen-bond donors (Lipinski definition) is 1. The molecule has 0 bridgehead atoms. The topological polar surface area (TPSA) is 12.5 Å². The van der Waals surface area contributed by atoms with Crippen LogP contribution in [0.5, 0.6) is 0 Å². The van der Waals surface area contributed by atoms with Crippen LogP contribution in [0.3, 0.4) is 0 Å². The van der Waals surface area contributed by atoms with Gasteiger partial charge in [-0.3, -0.25) is 0 Å². The van der Waals surface area contributed by atoms with Crippen LogP contribution < -0.4 is 0 Å². The van der Waals surface area contributed by atoms with Gasteiger partial charge >= 0.3 is 0 Å². The zero-order valence-electron chi connectivity index (χ0n) is 10.1. The van der Waals surface area contributed by atoms with Gasteiger partial charge in [0, 0.05) is 26.1 Å². The third-order valence-corrected chi connectivity index (χ3v) is 3.14. The van der Waals surface area contributed by atoms with Crippen molar-refractivity contribution in [1.82, 2.24) is 4.90 Å². The molecule has 2 nitrogen and oxygen atoms in total. The van der Waals surface area contributed by atoms with E-state index in [1.54, 1.807) is 7.11 Å². The number of likely N-dealkylation sites (N-methyl/N-ethyl adjacent to an activating group) is 1. The maximum Gasteiger partial charge on any atom is 0.0589 e. The Balaban J connectivity index is 2.49. The zero-order chi connectivity index (χ0) is 11.8. The lowest BCUT2D eigenvalue weighted by Crippen LogP contribution is -2.28. The van der Waals surface area contributed by atoms with Gasteiger partial charge in [-0.2, -0.15) is 12.6 Å². The summed E-state index contributed by atoms with van der Waals surface area (Å²) in [5.74, 6) is 1.37. The van der Waals surface area contributed by atoms with Gasteiger partial charge in [0.15, 0.2) is 0 Å². The van der Waals surface area contributed by atoms with E-state index in [9.17, 15) is 0 Å². The van der Waals surface area contributed by atoms with Crippen LogP contribution in [0.4, 0.5) is 0 Å². The molecule has 1 rings (SSSR count). The lowest BCUT2D eigenvalue weighted by Gasteiger charge is -2.22. The third kappa shape index (κ3) is 4.56. The fourth-order valence-electron chi connectivity index (χ4n) is 1.71. The highest BCUT2D eigenvalue weighted by molar-refractivity contribution is 7.80. The molecule has 0 saturated carbocycles. The van der Waals surface area contributed by atoms with E-state index in [-0.39, 0.29) is 0 Å². The van der Waals surface area contributed by atoms with Gasteiger partial charge in [-0.1, -0.05) is 30.3 Å². The molecule has 0 amide bonds. The molecule has 1 unspecified atom stereocenters. The van der Waals surface area contributed by atoms with Gasteiger partial charge in [0.25, 0.3) is 0 Å². The second-order valence-corrected chi connectivity index (χ2v) is 4.41. The highest BCUT2D eigenvalue weighted by atomic mass is 32.1. The van der Waals surface area contributed by atoms with E-state index in [4.69, 9.17) is 4.74 Å². The second kappa shape index (κ2) is 7.71. The molecule has 0 heterocycles. The molecule has 0 aliphatic heterocycles. The Morgan fingerprint density at radius 3 is 2.56 bits per heavy atom. The standard InChI is InChI=1S/C13H21NOS/c1-14(8-9-15-2)10-13(11-16)12-6-4-3-5-7-12/h3-7,13,16H,8-11H2,1-2H3. The highest BCUT2D eigenvalue weighted by Gasteiger charge is 2.11. The Morgan fingerprint density at radius 1 is 1.31 bits per heavy atom. The summed E-state index contributed by atoms with van der Waals surface area (Å²) in [7, 11) is 3.86. The summed E-state index contributed by atoms with van der Waals surface area (Å²) in [6, 6.07) is 10.6. The molecule has 0 saturated heterocycles. The molecule has 90 valence electrons. The lowest BCUT2D eigenvalue weighted by atomic mass is 10.0. The first-order valence-corrected chi connectivity index (χ1v) is 6.24. The summed E-state index contributed by atoms with van der Waals surface area (Å²) in [5, 5.41) is 0. The van der Waals surface area contributed by atoms with Crippen molar-refractivity contribution in [1.29, 1.82) is 0 Å². The van der Waals surface area contributed by atoms with E-state index in [1.807, 2.05) is 6.07 Å². The molecule has 0 radical (unpaired) electrons. The Hall–Kier alpha value is -0.510. The van der Waals surface area contributed by atoms with Crippen molar-refractivity contribution < 1.29 is 4.74 Å². The third-order valence-electron chi connectivity index (χ3n) is 2.70. The van der Waals surface area contributed by atoms with Crippen molar-refractivity contribution in [3.05, 3.63) is 35.9 Å². The number of nitrogens with zero attached hydrogens (tertiary/aromatic N) is 1. The minimum absolute atomic E-state index is 0.492. The van der Waals surface area contributed by atoms with Crippen LogP contribution in [0.25, 0.3) is 0 Å². The molecule has 0 fully saturated rings. The molecule has 1 aromatic carbocycles. The molecular weight excluding hydrogens is 218 g/mol. The minimum atomic E-state index is 0.492. The van der Waals surface area contributed by atoms with Crippen molar-refractivity contribution in [3.63, 3.8) is 0 Å². The molecule has 1 aromatic rings. The summed E-state index contributed by atoms with van der Waals surface area (Å²) in [4.78, 5) is 2.29. The average Bonchev–Trinajstić information content (AvgIpc) is 2.34. The van der Waals surface area contributed by atoms with Crippen molar-refractivity contribution >= 4 is 12.6 Å². The SMILES string of the molecule is COCCN(C)CC(CS)c1ccccc1. The van der Waals surface area contributed by atoms with Crippen LogP contribution in [0, 0.1) is 0 Å². The normalized spacial score (nSPS) is 13.0. The molecule has 1 atom stereocenters. The molecule has 0 aliphatic carbocycles. The number of thiol groups is 1. The highest BCUT2D eigenvalue weighted by Crippen LogP contribution is 2.17. The first-order valence-electron chi connectivity index (χ1n) is 5.61. The summed E-state index contributed by atoms with van der Waals surface area (Å²) in [6.45, 7) is 2.77. The van der Waals surface area contributed by atoms with Crippen LogP contribution >= 0.6 is 12.6 Å². The van der Waals surface area contributed by atoms with Crippen molar-refractivity contribution in [2.24, 2.45) is 0 Å². The summed E-state index contributed by atoms with van der Waals surface area (Å²) >= 11 is 4.43. The molecule has 3 heteroatoms. The van der Waals surface area contributed by atoms with Crippen molar-refractivity contribution in [3.8, 4) is 0 Å². The molecule has 0 aromatic heterocycles. The number of rotatable bonds is 7. The fraction of sp³-hybridized carbons (Fsp3) is 0.538. The van der Waals surface area contributed by atoms with Crippen LogP contribution in [-0.4, -0.2) is 44.5 Å². The summed E-state index contributed by atoms with van der Waals surface area (Å²) < 4.78 is 5.07. The molecular formula is C13H21NOS. The van der Waals surface area contributed by atoms with Gasteiger partial charge in [0.2, 0.25) is 0 Å². The largest absolute Gasteiger partial charge is 0.383 e. The predicted octanol–water partition coefficient (Wildman–Crippen LogP) is 2.28. The second-order valence-electron chi connectivity index (χ2n) is 4.05. The maximum atomic E-state index is 5.07. The van der Waals surface area contributed by atoms with E-state index in [0.29, 0.717) is 5.92 Å². The average molecular weight is 239 g/mol. The maximum absolute atomic E-state index is 5.07. The van der Waals surface area contributed by atoms with Gasteiger partial charge < -0.3 is 9.64 Å². The summed E-state index contributed by atoms with van der Waals surface area (Å²) in [6.07, 6.45) is 0. The van der Waals surface area contributed by atoms with Crippen LogP contribution in [0.2, 0.25) is 0 Å². The number of methoxy groups -OCH3 is 1. The fourth-order valence-corrected chi connectivity index (χ4v) is 2.03. The van der Waals surface area contributed by atoms with Gasteiger partial charge in [-0.05, 0) is 18.4 Å². The van der Waals surface area contributed by atoms with Crippen LogP contribution in [0.1, 0.15) is 11.5 Å². The van der Waals surface area contributed by atoms with E-state index >= 15 is 0 Å². The van der Waals surface area contributed by atoms with Crippen LogP contribution in [0.15, 0.2) is 30.3 Å². The first-order chi connectivity index (χ1) is 7.77. The van der Waals surface area contributed by atoms with Crippen LogP contribution in [-0.2, 0) is 4.74 Å². The van der Waals surface area contributed by atoms with E-state index < -0.39 is 0 Å². The van der Waals surface area contributed by atoms with Crippen molar-refractivity contribution in [2.75, 3.05) is 39.6 Å². The van der Waals surface area contributed by atoms with Gasteiger partial charge in [0.1, 0.15) is 0 Å². The Kier molecular flexibility index (Phi) is 6.53. The van der Waals surface area contributed by atoms with Gasteiger partial charge in [-0.15, -0.1) is 0 Å². The molecule has 0 aliphatic rings. The number of benzene rings is 1. The predicted molar refractivity (Wildman–Crippen MR) is 72.4 cm³/mol. The number of ether oxygens (including phenoxy) is 1. The van der Waals surface area contributed by atoms with E-state index in [2.05, 4.69) is 48.8 Å². The lowest BCUT2D eigenvalue weighted by molar-refractivity contribution is 0.159. The minimum Gasteiger partial charge on any atom is -0.383 e. The van der Waals surface area contributed by atoms with Crippen molar-refractivity contribution in [2.45, 2.75) is 5.92 Å². The summed E-state index contributed by atoms with van der Waals surface area (Å²) in [5.41, 5.74) is 1.36. The number of hydrogen-bond acceptors (Lipinski definition) is 3. The first kappa shape index (κ1) is 13.6. The Morgan fingerprint density at radius 2 is 2.00 bits per heavy atom. The molecule has 16 heavy (non-hydrogen) atoms.